The maximum Gasteiger partial charge on any atom is 0.243 e. The average Bonchev–Trinajstić information content (AvgIpc) is 2.90. The quantitative estimate of drug-likeness (QED) is 0.751. The molecule has 1 aliphatic rings. The highest BCUT2D eigenvalue weighted by Crippen LogP contribution is 2.07. The Morgan fingerprint density at radius 2 is 2.19 bits per heavy atom. The molecule has 90 valence electrons. The van der Waals surface area contributed by atoms with Crippen molar-refractivity contribution in [1.82, 2.24) is 19.8 Å². The van der Waals surface area contributed by atoms with E-state index >= 15 is 0 Å². The lowest BCUT2D eigenvalue weighted by atomic mass is 10.4. The van der Waals surface area contributed by atoms with Crippen LogP contribution < -0.4 is 4.72 Å². The third-order valence-electron chi connectivity index (χ3n) is 2.70. The Kier molecular flexibility index (Phi) is 3.57. The topological polar surface area (TPSA) is 78.1 Å². The van der Waals surface area contributed by atoms with Crippen LogP contribution >= 0.6 is 0 Å². The second kappa shape index (κ2) is 4.94. The van der Waals surface area contributed by atoms with Gasteiger partial charge in [0.25, 0.3) is 0 Å². The van der Waals surface area contributed by atoms with Crippen LogP contribution in [0.15, 0.2) is 17.3 Å². The van der Waals surface area contributed by atoms with Crippen molar-refractivity contribution in [3.8, 4) is 0 Å². The van der Waals surface area contributed by atoms with E-state index in [1.54, 1.807) is 0 Å². The number of sulfonamides is 1. The highest BCUT2D eigenvalue weighted by atomic mass is 32.2. The zero-order valence-corrected chi connectivity index (χ0v) is 9.83. The largest absolute Gasteiger partial charge is 0.302 e. The summed E-state index contributed by atoms with van der Waals surface area (Å²) in [5.41, 5.74) is 0. The first-order valence-electron chi connectivity index (χ1n) is 5.39. The van der Waals surface area contributed by atoms with Gasteiger partial charge in [-0.25, -0.2) is 13.1 Å². The van der Waals surface area contributed by atoms with Crippen LogP contribution in [0.1, 0.15) is 12.8 Å². The number of aromatic nitrogens is 2. The van der Waals surface area contributed by atoms with Crippen LogP contribution in [0.25, 0.3) is 0 Å². The molecule has 6 nitrogen and oxygen atoms in total. The van der Waals surface area contributed by atoms with Gasteiger partial charge in [0.15, 0.2) is 0 Å². The maximum absolute atomic E-state index is 11.7. The summed E-state index contributed by atoms with van der Waals surface area (Å²) in [6.45, 7) is 3.38. The van der Waals surface area contributed by atoms with Gasteiger partial charge in [-0.1, -0.05) is 0 Å². The predicted octanol–water partition coefficient (Wildman–Crippen LogP) is -0.216. The minimum Gasteiger partial charge on any atom is -0.302 e. The number of rotatable bonds is 5. The first-order valence-corrected chi connectivity index (χ1v) is 6.87. The Morgan fingerprint density at radius 1 is 1.44 bits per heavy atom. The molecule has 16 heavy (non-hydrogen) atoms. The molecule has 2 rings (SSSR count). The van der Waals surface area contributed by atoms with E-state index in [1.807, 2.05) is 0 Å². The Hall–Kier alpha value is -0.920. The first-order chi connectivity index (χ1) is 7.68. The van der Waals surface area contributed by atoms with Gasteiger partial charge in [0.1, 0.15) is 4.90 Å². The molecular formula is C9H16N4O2S. The zero-order chi connectivity index (χ0) is 11.4. The average molecular weight is 244 g/mol. The van der Waals surface area contributed by atoms with E-state index < -0.39 is 10.0 Å². The van der Waals surface area contributed by atoms with Crippen LogP contribution in [0.4, 0.5) is 0 Å². The Morgan fingerprint density at radius 3 is 2.81 bits per heavy atom. The van der Waals surface area contributed by atoms with Gasteiger partial charge in [-0.05, 0) is 25.9 Å². The number of nitrogens with zero attached hydrogens (tertiary/aromatic N) is 2. The van der Waals surface area contributed by atoms with Crippen molar-refractivity contribution in [3.63, 3.8) is 0 Å². The van der Waals surface area contributed by atoms with E-state index in [0.717, 1.165) is 19.6 Å². The lowest BCUT2D eigenvalue weighted by Crippen LogP contribution is -2.33. The van der Waals surface area contributed by atoms with Crippen LogP contribution in [0.2, 0.25) is 0 Å². The lowest BCUT2D eigenvalue weighted by Gasteiger charge is -2.14. The number of nitrogens with one attached hydrogen (secondary N) is 2. The number of hydrogen-bond acceptors (Lipinski definition) is 4. The van der Waals surface area contributed by atoms with Crippen LogP contribution in [0.5, 0.6) is 0 Å². The minimum atomic E-state index is -3.38. The van der Waals surface area contributed by atoms with E-state index in [1.165, 1.54) is 25.2 Å². The van der Waals surface area contributed by atoms with Crippen molar-refractivity contribution in [1.29, 1.82) is 0 Å². The molecule has 0 amide bonds. The second-order valence-electron chi connectivity index (χ2n) is 3.88. The molecule has 0 radical (unpaired) electrons. The molecule has 1 aromatic heterocycles. The second-order valence-corrected chi connectivity index (χ2v) is 5.65. The fourth-order valence-electron chi connectivity index (χ4n) is 1.81. The van der Waals surface area contributed by atoms with E-state index in [4.69, 9.17) is 0 Å². The third kappa shape index (κ3) is 2.81. The molecule has 0 saturated carbocycles. The van der Waals surface area contributed by atoms with Crippen LogP contribution in [-0.4, -0.2) is 49.7 Å². The molecule has 2 heterocycles. The summed E-state index contributed by atoms with van der Waals surface area (Å²) in [5.74, 6) is 0. The zero-order valence-electron chi connectivity index (χ0n) is 9.02. The normalized spacial score (nSPS) is 18.0. The molecule has 0 aliphatic carbocycles. The van der Waals surface area contributed by atoms with E-state index in [2.05, 4.69) is 19.8 Å². The SMILES string of the molecule is O=S(=O)(NCCN1CCCC1)c1cn[nH]c1. The molecular weight excluding hydrogens is 228 g/mol. The first kappa shape index (κ1) is 11.6. The van der Waals surface area contributed by atoms with Gasteiger partial charge < -0.3 is 4.90 Å². The van der Waals surface area contributed by atoms with Crippen molar-refractivity contribution >= 4 is 10.0 Å². The minimum absolute atomic E-state index is 0.189. The standard InChI is InChI=1S/C9H16N4O2S/c14-16(15,9-7-10-11-8-9)12-3-6-13-4-1-2-5-13/h7-8,12H,1-6H2,(H,10,11). The summed E-state index contributed by atoms with van der Waals surface area (Å²) in [6, 6.07) is 0. The number of aromatic amines is 1. The number of H-pyrrole nitrogens is 1. The van der Waals surface area contributed by atoms with Gasteiger partial charge in [0.2, 0.25) is 10.0 Å². The van der Waals surface area contributed by atoms with Crippen molar-refractivity contribution in [2.45, 2.75) is 17.7 Å². The molecule has 0 aromatic carbocycles. The number of hydrogen-bond donors (Lipinski definition) is 2. The molecule has 0 spiro atoms. The third-order valence-corrected chi connectivity index (χ3v) is 4.13. The van der Waals surface area contributed by atoms with Gasteiger partial charge in [-0.2, -0.15) is 5.10 Å². The monoisotopic (exact) mass is 244 g/mol. The Bertz CT molecular complexity index is 409. The summed E-state index contributed by atoms with van der Waals surface area (Å²) in [7, 11) is -3.38. The van der Waals surface area contributed by atoms with Gasteiger partial charge >= 0.3 is 0 Å². The fourth-order valence-corrected chi connectivity index (χ4v) is 2.74. The van der Waals surface area contributed by atoms with Gasteiger partial charge in [0, 0.05) is 19.3 Å². The van der Waals surface area contributed by atoms with Gasteiger partial charge in [-0.3, -0.25) is 5.10 Å². The molecule has 0 bridgehead atoms. The van der Waals surface area contributed by atoms with E-state index in [-0.39, 0.29) is 4.90 Å². The highest BCUT2D eigenvalue weighted by molar-refractivity contribution is 7.89. The molecule has 0 atom stereocenters. The van der Waals surface area contributed by atoms with Crippen LogP contribution in [0, 0.1) is 0 Å². The molecule has 2 N–H and O–H groups in total. The summed E-state index contributed by atoms with van der Waals surface area (Å²) in [6.07, 6.45) is 5.11. The lowest BCUT2D eigenvalue weighted by molar-refractivity contribution is 0.344. The molecule has 1 aliphatic heterocycles. The number of likely N-dealkylation sites (tertiary alicyclic amines) is 1. The van der Waals surface area contributed by atoms with Crippen LogP contribution in [0.3, 0.4) is 0 Å². The van der Waals surface area contributed by atoms with Crippen molar-refractivity contribution in [3.05, 3.63) is 12.4 Å². The van der Waals surface area contributed by atoms with Crippen molar-refractivity contribution < 1.29 is 8.42 Å². The molecule has 7 heteroatoms. The van der Waals surface area contributed by atoms with Gasteiger partial charge in [-0.15, -0.1) is 0 Å². The maximum atomic E-state index is 11.7. The van der Waals surface area contributed by atoms with Crippen molar-refractivity contribution in [2.24, 2.45) is 0 Å². The fraction of sp³-hybridized carbons (Fsp3) is 0.667. The summed E-state index contributed by atoms with van der Waals surface area (Å²) in [5, 5.41) is 6.11. The van der Waals surface area contributed by atoms with E-state index in [9.17, 15) is 8.42 Å². The smallest absolute Gasteiger partial charge is 0.243 e. The summed E-state index contributed by atoms with van der Waals surface area (Å²) in [4.78, 5) is 2.45. The molecule has 1 aromatic rings. The summed E-state index contributed by atoms with van der Waals surface area (Å²) >= 11 is 0. The van der Waals surface area contributed by atoms with Crippen molar-refractivity contribution in [2.75, 3.05) is 26.2 Å². The molecule has 0 unspecified atom stereocenters. The summed E-state index contributed by atoms with van der Waals surface area (Å²) < 4.78 is 25.9. The van der Waals surface area contributed by atoms with E-state index in [0.29, 0.717) is 6.54 Å². The Labute approximate surface area is 95.1 Å². The molecule has 1 fully saturated rings. The highest BCUT2D eigenvalue weighted by Gasteiger charge is 2.16. The van der Waals surface area contributed by atoms with Gasteiger partial charge in [0.05, 0.1) is 6.20 Å². The Balaban J connectivity index is 1.81. The molecule has 1 saturated heterocycles. The van der Waals surface area contributed by atoms with Crippen LogP contribution in [-0.2, 0) is 10.0 Å². The predicted molar refractivity (Wildman–Crippen MR) is 59.5 cm³/mol.